The number of carbonyl (C=O) groups is 3. The Labute approximate surface area is 341 Å². The first kappa shape index (κ1) is 39.8. The Morgan fingerprint density at radius 2 is 1.67 bits per heavy atom. The predicted molar refractivity (Wildman–Crippen MR) is 226 cm³/mol. The van der Waals surface area contributed by atoms with E-state index in [1.807, 2.05) is 72.8 Å². The number of anilines is 2. The number of rotatable bonds is 11. The molecule has 0 aliphatic carbocycles. The topological polar surface area (TPSA) is 130 Å². The summed E-state index contributed by atoms with van der Waals surface area (Å²) in [5.74, 6) is 0.731. The van der Waals surface area contributed by atoms with Crippen LogP contribution in [0.15, 0.2) is 91.0 Å². The van der Waals surface area contributed by atoms with Crippen LogP contribution in [0.1, 0.15) is 48.4 Å². The van der Waals surface area contributed by atoms with Crippen molar-refractivity contribution >= 4 is 42.4 Å². The Hall–Kier alpha value is -5.01. The molecule has 0 unspecified atom stereocenters. The van der Waals surface area contributed by atoms with Gasteiger partial charge in [0, 0.05) is 23.7 Å². The zero-order valence-electron chi connectivity index (χ0n) is 34.0. The van der Waals surface area contributed by atoms with E-state index in [-0.39, 0.29) is 60.8 Å². The molecule has 58 heavy (non-hydrogen) atoms. The van der Waals surface area contributed by atoms with E-state index in [2.05, 4.69) is 48.9 Å². The van der Waals surface area contributed by atoms with Crippen molar-refractivity contribution in [3.8, 4) is 11.5 Å². The molecule has 8 rings (SSSR count). The van der Waals surface area contributed by atoms with Crippen LogP contribution in [0.3, 0.4) is 0 Å². The normalized spacial score (nSPS) is 25.1. The molecule has 4 aromatic rings. The summed E-state index contributed by atoms with van der Waals surface area (Å²) in [6, 6.07) is 29.1. The van der Waals surface area contributed by atoms with Crippen LogP contribution in [-0.2, 0) is 44.2 Å². The largest absolute Gasteiger partial charge is 0.497 e. The highest BCUT2D eigenvalue weighted by atomic mass is 28.3. The number of amides is 3. The lowest BCUT2D eigenvalue weighted by molar-refractivity contribution is -0.151. The van der Waals surface area contributed by atoms with Gasteiger partial charge in [-0.15, -0.1) is 0 Å². The molecule has 1 spiro atoms. The van der Waals surface area contributed by atoms with E-state index in [1.54, 1.807) is 24.0 Å². The van der Waals surface area contributed by atoms with Gasteiger partial charge in [-0.2, -0.15) is 0 Å². The number of hydrogen-bond acceptors (Lipinski definition) is 8. The van der Waals surface area contributed by atoms with Crippen LogP contribution in [0.2, 0.25) is 18.6 Å². The fourth-order valence-corrected chi connectivity index (χ4v) is 14.1. The third-order valence-electron chi connectivity index (χ3n) is 13.2. The Morgan fingerprint density at radius 3 is 2.34 bits per heavy atom. The van der Waals surface area contributed by atoms with Crippen LogP contribution in [0.4, 0.5) is 11.4 Å². The van der Waals surface area contributed by atoms with Gasteiger partial charge in [0.2, 0.25) is 11.8 Å². The van der Waals surface area contributed by atoms with Crippen molar-refractivity contribution in [3.63, 3.8) is 0 Å². The Bertz CT molecular complexity index is 2170. The van der Waals surface area contributed by atoms with Crippen LogP contribution >= 0.6 is 0 Å². The molecule has 12 heteroatoms. The van der Waals surface area contributed by atoms with Crippen LogP contribution in [0.5, 0.6) is 11.5 Å². The first-order valence-electron chi connectivity index (χ1n) is 20.4. The molecule has 4 heterocycles. The SMILES string of the molecule is COc1ccc([Si](C)(C)[C@@H]2[C@@H](CC(=O)N3Cc4ccccc4C[C@H]3CO)O[C@]3(C(=O)N(Cc4ccc(NC(=O)[C@H]5CCCN5)cc4)c4ccc(OC)cc43)[C@H]2C)cc1. The number of carbonyl (C=O) groups excluding carboxylic acids is 3. The maximum Gasteiger partial charge on any atom is 0.264 e. The van der Waals surface area contributed by atoms with Crippen LogP contribution in [0.25, 0.3) is 0 Å². The van der Waals surface area contributed by atoms with Crippen molar-refractivity contribution < 1.29 is 33.7 Å². The lowest BCUT2D eigenvalue weighted by Crippen LogP contribution is -2.52. The number of methoxy groups -OCH3 is 2. The molecular formula is C46H54N4O7Si. The second-order valence-corrected chi connectivity index (χ2v) is 21.5. The Morgan fingerprint density at radius 1 is 0.966 bits per heavy atom. The molecule has 0 aromatic heterocycles. The van der Waals surface area contributed by atoms with Crippen molar-refractivity contribution in [2.75, 3.05) is 37.6 Å². The molecule has 4 aliphatic rings. The average Bonchev–Trinajstić information content (AvgIpc) is 3.95. The zero-order valence-corrected chi connectivity index (χ0v) is 35.0. The van der Waals surface area contributed by atoms with Gasteiger partial charge in [-0.05, 0) is 90.5 Å². The molecule has 6 atom stereocenters. The van der Waals surface area contributed by atoms with Crippen molar-refractivity contribution in [2.24, 2.45) is 5.92 Å². The summed E-state index contributed by atoms with van der Waals surface area (Å²) in [5, 5.41) is 17.9. The number of hydrogen-bond donors (Lipinski definition) is 3. The molecular weight excluding hydrogens is 749 g/mol. The van der Waals surface area contributed by atoms with Crippen molar-refractivity contribution in [1.29, 1.82) is 0 Å². The summed E-state index contributed by atoms with van der Waals surface area (Å²) in [6.45, 7) is 8.11. The maximum atomic E-state index is 15.4. The standard InChI is InChI=1S/C46H54N4O7Si/c1-29-43(58(4,5)37-19-16-35(55-2)17-20-37)41(25-42(52)49-27-32-10-7-6-9-31(32)23-34(49)28-51)57-46(29)38-24-36(56-3)18-21-40(38)50(45(46)54)26-30-12-14-33(15-13-30)48-44(53)39-11-8-22-47-39/h6-7,9-10,12-21,24,29,34,39,41,43,47,51H,8,11,22-23,25-28H2,1-5H3,(H,48,53)/t29-,34-,39+,41+,43-,46+/m0/s1. The second kappa shape index (κ2) is 16.0. The van der Waals surface area contributed by atoms with Crippen molar-refractivity contribution in [1.82, 2.24) is 10.2 Å². The Balaban J connectivity index is 1.14. The van der Waals surface area contributed by atoms with Gasteiger partial charge in [0.15, 0.2) is 5.60 Å². The fourth-order valence-electron chi connectivity index (χ4n) is 10.1. The molecule has 11 nitrogen and oxygen atoms in total. The third kappa shape index (κ3) is 6.99. The van der Waals surface area contributed by atoms with Crippen LogP contribution in [0, 0.1) is 5.92 Å². The molecule has 0 saturated carbocycles. The molecule has 4 aromatic carbocycles. The first-order chi connectivity index (χ1) is 28.0. The number of aliphatic hydroxyl groups is 1. The number of aliphatic hydroxyl groups excluding tert-OH is 1. The Kier molecular flexibility index (Phi) is 11.0. The monoisotopic (exact) mass is 802 g/mol. The highest BCUT2D eigenvalue weighted by Crippen LogP contribution is 2.60. The minimum atomic E-state index is -2.54. The van der Waals surface area contributed by atoms with Crippen LogP contribution < -0.4 is 30.2 Å². The van der Waals surface area contributed by atoms with E-state index < -0.39 is 19.8 Å². The maximum absolute atomic E-state index is 15.4. The van der Waals surface area contributed by atoms with E-state index >= 15 is 4.79 Å². The van der Waals surface area contributed by atoms with E-state index in [0.29, 0.717) is 24.4 Å². The minimum Gasteiger partial charge on any atom is -0.497 e. The summed E-state index contributed by atoms with van der Waals surface area (Å²) >= 11 is 0. The smallest absolute Gasteiger partial charge is 0.264 e. The predicted octanol–water partition coefficient (Wildman–Crippen LogP) is 5.49. The van der Waals surface area contributed by atoms with Crippen LogP contribution in [-0.4, -0.2) is 81.4 Å². The van der Waals surface area contributed by atoms with E-state index in [9.17, 15) is 14.7 Å². The summed E-state index contributed by atoms with van der Waals surface area (Å²) in [4.78, 5) is 46.4. The molecule has 0 bridgehead atoms. The van der Waals surface area contributed by atoms with Gasteiger partial charge in [0.25, 0.3) is 5.91 Å². The molecule has 3 amide bonds. The van der Waals surface area contributed by atoms with Crippen molar-refractivity contribution in [2.45, 2.75) is 88.1 Å². The second-order valence-electron chi connectivity index (χ2n) is 16.8. The summed E-state index contributed by atoms with van der Waals surface area (Å²) < 4.78 is 18.6. The number of ether oxygens (including phenoxy) is 3. The molecule has 304 valence electrons. The summed E-state index contributed by atoms with van der Waals surface area (Å²) in [7, 11) is 0.724. The van der Waals surface area contributed by atoms with Gasteiger partial charge < -0.3 is 39.8 Å². The van der Waals surface area contributed by atoms with Gasteiger partial charge in [0.05, 0.1) is 65.7 Å². The minimum absolute atomic E-state index is 0.0437. The summed E-state index contributed by atoms with van der Waals surface area (Å²) in [5.41, 5.74) is 3.74. The summed E-state index contributed by atoms with van der Waals surface area (Å²) in [6.07, 6.45) is 1.85. The highest BCUT2D eigenvalue weighted by Gasteiger charge is 2.66. The van der Waals surface area contributed by atoms with E-state index in [0.717, 1.165) is 53.1 Å². The van der Waals surface area contributed by atoms with Gasteiger partial charge in [-0.25, -0.2) is 0 Å². The highest BCUT2D eigenvalue weighted by molar-refractivity contribution is 6.91. The molecule has 0 radical (unpaired) electrons. The van der Waals surface area contributed by atoms with Gasteiger partial charge in [0.1, 0.15) is 11.5 Å². The zero-order chi connectivity index (χ0) is 40.8. The van der Waals surface area contributed by atoms with Crippen molar-refractivity contribution in [3.05, 3.63) is 113 Å². The molecule has 4 aliphatic heterocycles. The van der Waals surface area contributed by atoms with Gasteiger partial charge >= 0.3 is 0 Å². The number of nitrogens with zero attached hydrogens (tertiary/aromatic N) is 2. The number of benzene rings is 4. The average molecular weight is 803 g/mol. The van der Waals surface area contributed by atoms with E-state index in [1.165, 1.54) is 5.19 Å². The van der Waals surface area contributed by atoms with E-state index in [4.69, 9.17) is 14.2 Å². The van der Waals surface area contributed by atoms with Gasteiger partial charge in [-0.1, -0.05) is 73.7 Å². The first-order valence-corrected chi connectivity index (χ1v) is 23.5. The molecule has 2 saturated heterocycles. The third-order valence-corrected chi connectivity index (χ3v) is 17.6. The lowest BCUT2D eigenvalue weighted by atomic mass is 9.82. The molecule has 3 N–H and O–H groups in total. The van der Waals surface area contributed by atoms with Gasteiger partial charge in [-0.3, -0.25) is 14.4 Å². The fraction of sp³-hybridized carbons (Fsp3) is 0.413. The number of nitrogens with one attached hydrogen (secondary N) is 2. The molecule has 2 fully saturated rings. The lowest BCUT2D eigenvalue weighted by Gasteiger charge is -2.39. The number of fused-ring (bicyclic) bond motifs is 3. The quantitative estimate of drug-likeness (QED) is 0.170.